The zero-order chi connectivity index (χ0) is 13.7. The first kappa shape index (κ1) is 13.1. The summed E-state index contributed by atoms with van der Waals surface area (Å²) < 4.78 is 0. The third-order valence-corrected chi connectivity index (χ3v) is 2.62. The Morgan fingerprint density at radius 3 is 2.89 bits per heavy atom. The summed E-state index contributed by atoms with van der Waals surface area (Å²) in [4.78, 5) is 19.7. The average Bonchev–Trinajstić information content (AvgIpc) is 2.47. The number of hydrogen-bond donors (Lipinski definition) is 3. The fraction of sp³-hybridized carbons (Fsp3) is 0.154. The lowest BCUT2D eigenvalue weighted by Gasteiger charge is -2.11. The molecule has 0 saturated heterocycles. The minimum Gasteiger partial charge on any atom is -0.329 e. The minimum atomic E-state index is -0.313. The average molecular weight is 257 g/mol. The molecular weight excluding hydrogens is 242 g/mol. The maximum atomic E-state index is 11.9. The fourth-order valence-corrected chi connectivity index (χ4v) is 1.59. The van der Waals surface area contributed by atoms with Gasteiger partial charge in [0.25, 0.3) is 5.91 Å². The predicted octanol–water partition coefficient (Wildman–Crippen LogP) is 0.687. The van der Waals surface area contributed by atoms with Gasteiger partial charge < -0.3 is 16.8 Å². The fourth-order valence-electron chi connectivity index (χ4n) is 1.59. The second-order valence-electron chi connectivity index (χ2n) is 4.01. The second kappa shape index (κ2) is 6.03. The van der Waals surface area contributed by atoms with Gasteiger partial charge in [0.1, 0.15) is 5.69 Å². The number of carbonyl (C=O) groups is 1. The van der Waals surface area contributed by atoms with E-state index >= 15 is 0 Å². The van der Waals surface area contributed by atoms with Crippen molar-refractivity contribution in [2.24, 2.45) is 11.5 Å². The lowest BCUT2D eigenvalue weighted by molar-refractivity contribution is 0.102. The number of nitrogens with zero attached hydrogens (tertiary/aromatic N) is 2. The van der Waals surface area contributed by atoms with Gasteiger partial charge in [0.15, 0.2) is 0 Å². The van der Waals surface area contributed by atoms with Crippen molar-refractivity contribution >= 4 is 11.6 Å². The van der Waals surface area contributed by atoms with Crippen molar-refractivity contribution in [2.45, 2.75) is 6.04 Å². The van der Waals surface area contributed by atoms with Gasteiger partial charge in [-0.25, -0.2) is 4.98 Å². The van der Waals surface area contributed by atoms with Crippen LogP contribution in [0.1, 0.15) is 22.1 Å². The first-order valence-corrected chi connectivity index (χ1v) is 5.83. The first-order valence-electron chi connectivity index (χ1n) is 5.83. The van der Waals surface area contributed by atoms with Crippen LogP contribution in [0.4, 0.5) is 5.69 Å². The van der Waals surface area contributed by atoms with Crippen molar-refractivity contribution in [2.75, 3.05) is 11.9 Å². The minimum absolute atomic E-state index is 0.242. The van der Waals surface area contributed by atoms with Crippen LogP contribution in [0.25, 0.3) is 0 Å². The van der Waals surface area contributed by atoms with E-state index in [0.717, 1.165) is 5.56 Å². The Labute approximate surface area is 110 Å². The van der Waals surface area contributed by atoms with Crippen molar-refractivity contribution in [1.29, 1.82) is 0 Å². The summed E-state index contributed by atoms with van der Waals surface area (Å²) in [7, 11) is 0. The molecule has 5 N–H and O–H groups in total. The van der Waals surface area contributed by atoms with Crippen molar-refractivity contribution in [1.82, 2.24) is 9.97 Å². The second-order valence-corrected chi connectivity index (χ2v) is 4.01. The van der Waals surface area contributed by atoms with E-state index in [9.17, 15) is 4.79 Å². The Hall–Kier alpha value is -2.31. The van der Waals surface area contributed by atoms with E-state index in [-0.39, 0.29) is 17.6 Å². The highest BCUT2D eigenvalue weighted by Gasteiger charge is 2.09. The topological polar surface area (TPSA) is 107 Å². The van der Waals surface area contributed by atoms with E-state index in [0.29, 0.717) is 12.2 Å². The van der Waals surface area contributed by atoms with Gasteiger partial charge >= 0.3 is 0 Å². The van der Waals surface area contributed by atoms with Gasteiger partial charge in [-0.3, -0.25) is 9.78 Å². The van der Waals surface area contributed by atoms with Crippen LogP contribution in [0.2, 0.25) is 0 Å². The highest BCUT2D eigenvalue weighted by atomic mass is 16.1. The molecule has 19 heavy (non-hydrogen) atoms. The van der Waals surface area contributed by atoms with Gasteiger partial charge in [-0.1, -0.05) is 12.1 Å². The molecule has 1 aromatic carbocycles. The first-order chi connectivity index (χ1) is 9.20. The quantitative estimate of drug-likeness (QED) is 0.747. The molecule has 2 rings (SSSR count). The lowest BCUT2D eigenvalue weighted by Crippen LogP contribution is -2.21. The molecule has 2 aromatic rings. The van der Waals surface area contributed by atoms with Crippen LogP contribution in [0.3, 0.4) is 0 Å². The predicted molar refractivity (Wildman–Crippen MR) is 72.4 cm³/mol. The van der Waals surface area contributed by atoms with E-state index in [4.69, 9.17) is 11.5 Å². The van der Waals surface area contributed by atoms with Crippen LogP contribution in [-0.2, 0) is 0 Å². The summed E-state index contributed by atoms with van der Waals surface area (Å²) >= 11 is 0. The maximum absolute atomic E-state index is 11.9. The van der Waals surface area contributed by atoms with Crippen LogP contribution >= 0.6 is 0 Å². The number of carbonyl (C=O) groups excluding carboxylic acids is 1. The van der Waals surface area contributed by atoms with Crippen LogP contribution in [0, 0.1) is 0 Å². The highest BCUT2D eigenvalue weighted by Crippen LogP contribution is 2.15. The standard InChI is InChI=1S/C13H15N5O/c14-7-11(15)9-2-1-3-10(6-9)18-13(19)12-8-16-4-5-17-12/h1-6,8,11H,7,14-15H2,(H,18,19). The Balaban J connectivity index is 2.13. The van der Waals surface area contributed by atoms with Crippen LogP contribution < -0.4 is 16.8 Å². The number of rotatable bonds is 4. The van der Waals surface area contributed by atoms with Gasteiger partial charge in [-0.15, -0.1) is 0 Å². The summed E-state index contributed by atoms with van der Waals surface area (Å²) in [6.07, 6.45) is 4.39. The molecule has 1 amide bonds. The number of anilines is 1. The molecule has 0 aliphatic rings. The molecule has 0 bridgehead atoms. The molecular formula is C13H15N5O. The Kier molecular flexibility index (Phi) is 4.17. The van der Waals surface area contributed by atoms with Crippen molar-refractivity contribution < 1.29 is 4.79 Å². The molecule has 98 valence electrons. The summed E-state index contributed by atoms with van der Waals surface area (Å²) in [5, 5.41) is 2.74. The van der Waals surface area contributed by atoms with E-state index in [2.05, 4.69) is 15.3 Å². The number of hydrogen-bond acceptors (Lipinski definition) is 5. The van der Waals surface area contributed by atoms with E-state index in [1.807, 2.05) is 12.1 Å². The van der Waals surface area contributed by atoms with Gasteiger partial charge in [0.05, 0.1) is 6.20 Å². The zero-order valence-corrected chi connectivity index (χ0v) is 10.3. The van der Waals surface area contributed by atoms with Crippen molar-refractivity contribution in [3.8, 4) is 0 Å². The van der Waals surface area contributed by atoms with Gasteiger partial charge in [-0.05, 0) is 17.7 Å². The molecule has 1 aromatic heterocycles. The number of nitrogens with one attached hydrogen (secondary N) is 1. The SMILES string of the molecule is NCC(N)c1cccc(NC(=O)c2cnccn2)c1. The Morgan fingerprint density at radius 2 is 2.21 bits per heavy atom. The van der Waals surface area contributed by atoms with Crippen molar-refractivity contribution in [3.05, 3.63) is 54.1 Å². The molecule has 0 radical (unpaired) electrons. The molecule has 0 aliphatic carbocycles. The third-order valence-electron chi connectivity index (χ3n) is 2.62. The molecule has 0 saturated carbocycles. The Morgan fingerprint density at radius 1 is 1.37 bits per heavy atom. The number of benzene rings is 1. The van der Waals surface area contributed by atoms with Crippen LogP contribution in [0.5, 0.6) is 0 Å². The van der Waals surface area contributed by atoms with E-state index in [1.54, 1.807) is 12.1 Å². The summed E-state index contributed by atoms with van der Waals surface area (Å²) in [6, 6.07) is 7.02. The number of nitrogens with two attached hydrogens (primary N) is 2. The highest BCUT2D eigenvalue weighted by molar-refractivity contribution is 6.02. The van der Waals surface area contributed by atoms with Crippen molar-refractivity contribution in [3.63, 3.8) is 0 Å². The normalized spacial score (nSPS) is 11.9. The summed E-state index contributed by atoms with van der Waals surface area (Å²) in [5.74, 6) is -0.313. The molecule has 0 aliphatic heterocycles. The number of aromatic nitrogens is 2. The largest absolute Gasteiger partial charge is 0.329 e. The molecule has 6 heteroatoms. The summed E-state index contributed by atoms with van der Waals surface area (Å²) in [5.41, 5.74) is 13.1. The summed E-state index contributed by atoms with van der Waals surface area (Å²) in [6.45, 7) is 0.349. The zero-order valence-electron chi connectivity index (χ0n) is 10.3. The van der Waals surface area contributed by atoms with Gasteiger partial charge in [0, 0.05) is 30.7 Å². The molecule has 1 heterocycles. The van der Waals surface area contributed by atoms with Gasteiger partial charge in [-0.2, -0.15) is 0 Å². The number of amides is 1. The molecule has 1 unspecified atom stereocenters. The maximum Gasteiger partial charge on any atom is 0.275 e. The molecule has 6 nitrogen and oxygen atoms in total. The van der Waals surface area contributed by atoms with Gasteiger partial charge in [0.2, 0.25) is 0 Å². The van der Waals surface area contributed by atoms with Crippen LogP contribution in [-0.4, -0.2) is 22.4 Å². The van der Waals surface area contributed by atoms with E-state index in [1.165, 1.54) is 18.6 Å². The van der Waals surface area contributed by atoms with Crippen LogP contribution in [0.15, 0.2) is 42.9 Å². The molecule has 0 spiro atoms. The smallest absolute Gasteiger partial charge is 0.275 e. The Bertz CT molecular complexity index is 558. The molecule has 0 fully saturated rings. The lowest BCUT2D eigenvalue weighted by atomic mass is 10.1. The van der Waals surface area contributed by atoms with E-state index < -0.39 is 0 Å². The third kappa shape index (κ3) is 3.34. The molecule has 1 atom stereocenters. The monoisotopic (exact) mass is 257 g/mol.